The van der Waals surface area contributed by atoms with E-state index in [0.29, 0.717) is 23.9 Å². The summed E-state index contributed by atoms with van der Waals surface area (Å²) < 4.78 is 30.3. The Kier molecular flexibility index (Phi) is 57.9. The van der Waals surface area contributed by atoms with Crippen LogP contribution in [-0.2, 0) is 27.9 Å². The molecule has 0 aromatic carbocycles. The number of hydrogen-bond acceptors (Lipinski definition) is 7. The van der Waals surface area contributed by atoms with Crippen LogP contribution in [0.15, 0.2) is 122 Å². The molecule has 0 aliphatic carbocycles. The standard InChI is InChI=1S/C72H125N2O7P/c1-7-10-13-16-19-22-25-28-30-32-33-34-35-36-37-38-39-40-41-43-44-46-49-52-55-58-61-64-71(75)73-69(68-80-82(77,78)79-67-66-74(4,5)6)70(63-60-57-54-51-48-27-24-21-18-15-12-9-3)81-72(76)65-62-59-56-53-50-47-45-42-31-29-26-23-20-17-14-11-8-2/h11,14,19-20,22-23,28-31,33-34,36-37,45,47,53,56,60,63,69-70H,7-10,12-13,15-18,21,24-27,32,35,38-44,46,48-52,54-55,57-59,61-62,64-68H2,1-6H3,(H-,73,75,77,78)/b14-11-,22-19-,23-20-,30-28-,31-29-,34-33-,37-36-,47-45-,56-53-,63-60-. The third-order valence-corrected chi connectivity index (χ3v) is 15.1. The van der Waals surface area contributed by atoms with Gasteiger partial charge < -0.3 is 28.5 Å². The lowest BCUT2D eigenvalue weighted by molar-refractivity contribution is -0.870. The number of ether oxygens (including phenoxy) is 1. The molecule has 0 saturated heterocycles. The van der Waals surface area contributed by atoms with E-state index in [1.54, 1.807) is 0 Å². The molecule has 82 heavy (non-hydrogen) atoms. The molecule has 0 aromatic heterocycles. The Morgan fingerprint density at radius 1 is 0.439 bits per heavy atom. The van der Waals surface area contributed by atoms with Gasteiger partial charge in [0.1, 0.15) is 19.3 Å². The summed E-state index contributed by atoms with van der Waals surface area (Å²) in [5.41, 5.74) is 0. The van der Waals surface area contributed by atoms with E-state index in [1.807, 2.05) is 33.3 Å². The van der Waals surface area contributed by atoms with Crippen LogP contribution in [0, 0.1) is 0 Å². The minimum absolute atomic E-state index is 0.0375. The first kappa shape index (κ1) is 78.4. The number of carbonyl (C=O) groups excluding carboxylic acids is 2. The Morgan fingerprint density at radius 2 is 0.793 bits per heavy atom. The van der Waals surface area contributed by atoms with Crippen molar-refractivity contribution in [3.63, 3.8) is 0 Å². The SMILES string of the molecule is CC/C=C\C/C=C\C/C=C\C/C=C\C/C=C\CCCC(=O)OC(/C=C\CCCCCCCCCCCC)C(COP(=O)([O-])OCC[N+](C)(C)C)NC(=O)CCCCCCCCCCCCC/C=C\C/C=C\C/C=C\C/C=C\CCCCC. The summed E-state index contributed by atoms with van der Waals surface area (Å²) in [7, 11) is 1.14. The van der Waals surface area contributed by atoms with E-state index in [0.717, 1.165) is 109 Å². The molecule has 0 spiro atoms. The maximum Gasteiger partial charge on any atom is 0.306 e. The molecule has 0 fully saturated rings. The molecule has 1 amide bonds. The predicted octanol–water partition coefficient (Wildman–Crippen LogP) is 20.4. The van der Waals surface area contributed by atoms with Crippen LogP contribution >= 0.6 is 7.82 Å². The quantitative estimate of drug-likeness (QED) is 0.0212. The fourth-order valence-electron chi connectivity index (χ4n) is 9.01. The van der Waals surface area contributed by atoms with E-state index in [4.69, 9.17) is 13.8 Å². The van der Waals surface area contributed by atoms with Gasteiger partial charge in [-0.25, -0.2) is 0 Å². The van der Waals surface area contributed by atoms with Crippen LogP contribution in [-0.4, -0.2) is 69.4 Å². The molecule has 0 saturated carbocycles. The molecule has 0 aliphatic rings. The van der Waals surface area contributed by atoms with Crippen LogP contribution in [0.5, 0.6) is 0 Å². The maximum absolute atomic E-state index is 13.6. The molecule has 3 atom stereocenters. The monoisotopic (exact) mass is 1160 g/mol. The van der Waals surface area contributed by atoms with E-state index in [2.05, 4.69) is 135 Å². The molecule has 0 bridgehead atoms. The number of amides is 1. The zero-order chi connectivity index (χ0) is 60.0. The second-order valence-electron chi connectivity index (χ2n) is 23.2. The lowest BCUT2D eigenvalue weighted by Crippen LogP contribution is -2.47. The number of rotatable bonds is 59. The second-order valence-corrected chi connectivity index (χ2v) is 24.6. The molecule has 1 N–H and O–H groups in total. The number of quaternary nitrogens is 1. The molecule has 3 unspecified atom stereocenters. The molecule has 0 rings (SSSR count). The highest BCUT2D eigenvalue weighted by Crippen LogP contribution is 2.38. The van der Waals surface area contributed by atoms with Gasteiger partial charge in [-0.1, -0.05) is 265 Å². The first-order valence-corrected chi connectivity index (χ1v) is 34.8. The minimum Gasteiger partial charge on any atom is -0.756 e. The highest BCUT2D eigenvalue weighted by molar-refractivity contribution is 7.45. The molecular weight excluding hydrogens is 1040 g/mol. The fraction of sp³-hybridized carbons (Fsp3) is 0.694. The van der Waals surface area contributed by atoms with Crippen LogP contribution in [0.25, 0.3) is 0 Å². The number of phosphoric acid groups is 1. The van der Waals surface area contributed by atoms with Crippen molar-refractivity contribution >= 4 is 19.7 Å². The van der Waals surface area contributed by atoms with Gasteiger partial charge in [0.25, 0.3) is 7.82 Å². The topological polar surface area (TPSA) is 114 Å². The summed E-state index contributed by atoms with van der Waals surface area (Å²) in [4.78, 5) is 40.1. The van der Waals surface area contributed by atoms with Gasteiger partial charge in [-0.05, 0) is 115 Å². The van der Waals surface area contributed by atoms with E-state index >= 15 is 0 Å². The molecule has 0 aromatic rings. The Bertz CT molecular complexity index is 1820. The van der Waals surface area contributed by atoms with E-state index in [-0.39, 0.29) is 18.9 Å². The van der Waals surface area contributed by atoms with Gasteiger partial charge in [-0.2, -0.15) is 0 Å². The number of phosphoric ester groups is 1. The zero-order valence-electron chi connectivity index (χ0n) is 53.7. The number of likely N-dealkylation sites (N-methyl/N-ethyl adjacent to an activating group) is 1. The molecule has 0 radical (unpaired) electrons. The van der Waals surface area contributed by atoms with Crippen molar-refractivity contribution in [3.8, 4) is 0 Å². The summed E-state index contributed by atoms with van der Waals surface area (Å²) in [5, 5.41) is 3.02. The van der Waals surface area contributed by atoms with Crippen molar-refractivity contribution < 1.29 is 37.3 Å². The van der Waals surface area contributed by atoms with E-state index in [1.165, 1.54) is 122 Å². The van der Waals surface area contributed by atoms with Crippen LogP contribution in [0.3, 0.4) is 0 Å². The van der Waals surface area contributed by atoms with Gasteiger partial charge in [0.2, 0.25) is 5.91 Å². The summed E-state index contributed by atoms with van der Waals surface area (Å²) in [5.74, 6) is -0.617. The smallest absolute Gasteiger partial charge is 0.306 e. The summed E-state index contributed by atoms with van der Waals surface area (Å²) in [6.07, 6.45) is 84.7. The highest BCUT2D eigenvalue weighted by Gasteiger charge is 2.27. The molecule has 470 valence electrons. The average molecular weight is 1160 g/mol. The van der Waals surface area contributed by atoms with Gasteiger partial charge >= 0.3 is 5.97 Å². The number of hydrogen-bond donors (Lipinski definition) is 1. The maximum atomic E-state index is 13.6. The molecular formula is C72H125N2O7P. The lowest BCUT2D eigenvalue weighted by atomic mass is 10.0. The number of allylic oxidation sites excluding steroid dienone is 19. The number of carbonyl (C=O) groups is 2. The molecule has 10 heteroatoms. The highest BCUT2D eigenvalue weighted by atomic mass is 31.2. The second kappa shape index (κ2) is 60.5. The number of nitrogens with zero attached hydrogens (tertiary/aromatic N) is 1. The lowest BCUT2D eigenvalue weighted by Gasteiger charge is -2.30. The molecule has 0 aliphatic heterocycles. The van der Waals surface area contributed by atoms with Gasteiger partial charge in [0.05, 0.1) is 33.8 Å². The first-order valence-electron chi connectivity index (χ1n) is 33.3. The Balaban J connectivity index is 5.17. The normalized spacial score (nSPS) is 14.4. The van der Waals surface area contributed by atoms with Gasteiger partial charge in [-0.15, -0.1) is 0 Å². The predicted molar refractivity (Wildman–Crippen MR) is 353 cm³/mol. The van der Waals surface area contributed by atoms with Crippen LogP contribution in [0.2, 0.25) is 0 Å². The van der Waals surface area contributed by atoms with Crippen molar-refractivity contribution in [1.29, 1.82) is 0 Å². The molecule has 9 nitrogen and oxygen atoms in total. The number of nitrogens with one attached hydrogen (secondary N) is 1. The van der Waals surface area contributed by atoms with Gasteiger partial charge in [0.15, 0.2) is 0 Å². The number of unbranched alkanes of at least 4 members (excludes halogenated alkanes) is 25. The van der Waals surface area contributed by atoms with Crippen LogP contribution in [0.1, 0.15) is 271 Å². The third-order valence-electron chi connectivity index (χ3n) is 14.1. The summed E-state index contributed by atoms with van der Waals surface area (Å²) in [6, 6.07) is -0.921. The first-order chi connectivity index (χ1) is 39.9. The van der Waals surface area contributed by atoms with Crippen molar-refractivity contribution in [1.82, 2.24) is 5.32 Å². The van der Waals surface area contributed by atoms with Crippen LogP contribution in [0.4, 0.5) is 0 Å². The van der Waals surface area contributed by atoms with Crippen molar-refractivity contribution in [2.75, 3.05) is 40.9 Å². The largest absolute Gasteiger partial charge is 0.756 e. The van der Waals surface area contributed by atoms with E-state index in [9.17, 15) is 19.0 Å². The van der Waals surface area contributed by atoms with Gasteiger partial charge in [-0.3, -0.25) is 14.2 Å². The Morgan fingerprint density at radius 3 is 1.22 bits per heavy atom. The average Bonchev–Trinajstić information content (AvgIpc) is 3.44. The Labute approximate surface area is 505 Å². The van der Waals surface area contributed by atoms with Crippen molar-refractivity contribution in [2.24, 2.45) is 0 Å². The number of esters is 1. The van der Waals surface area contributed by atoms with Crippen molar-refractivity contribution in [3.05, 3.63) is 122 Å². The van der Waals surface area contributed by atoms with Crippen molar-refractivity contribution in [2.45, 2.75) is 283 Å². The minimum atomic E-state index is -4.72. The fourth-order valence-corrected chi connectivity index (χ4v) is 9.73. The summed E-state index contributed by atoms with van der Waals surface area (Å²) >= 11 is 0. The summed E-state index contributed by atoms with van der Waals surface area (Å²) in [6.45, 7) is 6.66. The zero-order valence-corrected chi connectivity index (χ0v) is 54.5. The van der Waals surface area contributed by atoms with E-state index < -0.39 is 32.5 Å². The van der Waals surface area contributed by atoms with Crippen LogP contribution < -0.4 is 10.2 Å². The third kappa shape index (κ3) is 61.0. The van der Waals surface area contributed by atoms with Gasteiger partial charge in [0, 0.05) is 12.8 Å². The molecule has 0 heterocycles. The Hall–Kier alpha value is -3.59.